The SMILES string of the molecule is N[C@@H](Cc1ccc(O)cc1)C(=O)N[C@@H](CCCCNC=O)C(=O)NCC(=O)N[C@H](Cc1ccccc1)C(=O)N[C@H]1CCSC1=O. The van der Waals surface area contributed by atoms with Crippen LogP contribution < -0.4 is 32.3 Å². The van der Waals surface area contributed by atoms with Crippen LogP contribution in [0, 0.1) is 0 Å². The summed E-state index contributed by atoms with van der Waals surface area (Å²) in [7, 11) is 0. The Morgan fingerprint density at radius 1 is 0.911 bits per heavy atom. The average Bonchev–Trinajstić information content (AvgIpc) is 3.43. The molecule has 13 nitrogen and oxygen atoms in total. The highest BCUT2D eigenvalue weighted by Crippen LogP contribution is 2.19. The molecule has 4 atom stereocenters. The number of aromatic hydroxyl groups is 1. The number of amides is 5. The molecule has 0 saturated carbocycles. The van der Waals surface area contributed by atoms with Gasteiger partial charge in [0.05, 0.1) is 18.6 Å². The fourth-order valence-electron chi connectivity index (χ4n) is 4.65. The summed E-state index contributed by atoms with van der Waals surface area (Å²) < 4.78 is 0. The molecule has 0 aliphatic carbocycles. The molecule has 3 rings (SSSR count). The van der Waals surface area contributed by atoms with Gasteiger partial charge in [-0.25, -0.2) is 0 Å². The van der Waals surface area contributed by atoms with Gasteiger partial charge >= 0.3 is 0 Å². The van der Waals surface area contributed by atoms with Crippen molar-refractivity contribution in [2.45, 2.75) is 62.7 Å². The Bertz CT molecular complexity index is 1310. The lowest BCUT2D eigenvalue weighted by molar-refractivity contribution is -0.132. The predicted molar refractivity (Wildman–Crippen MR) is 169 cm³/mol. The molecular formula is C31H40N6O7S. The number of unbranched alkanes of at least 4 members (excludes halogenated alkanes) is 1. The summed E-state index contributed by atoms with van der Waals surface area (Å²) in [5.41, 5.74) is 7.60. The fourth-order valence-corrected chi connectivity index (χ4v) is 5.59. The second-order valence-electron chi connectivity index (χ2n) is 10.7. The first-order valence-corrected chi connectivity index (χ1v) is 15.7. The molecule has 2 aromatic rings. The monoisotopic (exact) mass is 640 g/mol. The maximum absolute atomic E-state index is 13.1. The number of nitrogens with two attached hydrogens (primary N) is 1. The molecule has 0 spiro atoms. The zero-order valence-electron chi connectivity index (χ0n) is 24.8. The van der Waals surface area contributed by atoms with E-state index in [4.69, 9.17) is 5.73 Å². The van der Waals surface area contributed by atoms with Crippen LogP contribution in [0.25, 0.3) is 0 Å². The van der Waals surface area contributed by atoms with E-state index in [9.17, 15) is 33.9 Å². The van der Waals surface area contributed by atoms with Crippen LogP contribution in [0.5, 0.6) is 5.75 Å². The van der Waals surface area contributed by atoms with Gasteiger partial charge in [0.2, 0.25) is 35.2 Å². The lowest BCUT2D eigenvalue weighted by Crippen LogP contribution is -2.55. The van der Waals surface area contributed by atoms with Crippen molar-refractivity contribution in [3.8, 4) is 5.75 Å². The van der Waals surface area contributed by atoms with Crippen LogP contribution >= 0.6 is 11.8 Å². The van der Waals surface area contributed by atoms with E-state index in [1.54, 1.807) is 12.1 Å². The third-order valence-corrected chi connectivity index (χ3v) is 8.13. The highest BCUT2D eigenvalue weighted by Gasteiger charge is 2.31. The molecule has 0 radical (unpaired) electrons. The third kappa shape index (κ3) is 12.2. The average molecular weight is 641 g/mol. The van der Waals surface area contributed by atoms with Crippen molar-refractivity contribution in [1.82, 2.24) is 26.6 Å². The largest absolute Gasteiger partial charge is 0.508 e. The van der Waals surface area contributed by atoms with Gasteiger partial charge in [-0.15, -0.1) is 0 Å². The van der Waals surface area contributed by atoms with Gasteiger partial charge in [0, 0.05) is 18.7 Å². The molecule has 1 heterocycles. The number of benzene rings is 2. The molecule has 8 N–H and O–H groups in total. The van der Waals surface area contributed by atoms with E-state index < -0.39 is 54.3 Å². The summed E-state index contributed by atoms with van der Waals surface area (Å²) in [6, 6.07) is 11.7. The molecule has 5 amide bonds. The Morgan fingerprint density at radius 2 is 1.62 bits per heavy atom. The van der Waals surface area contributed by atoms with E-state index in [1.165, 1.54) is 12.1 Å². The van der Waals surface area contributed by atoms with E-state index in [0.717, 1.165) is 22.9 Å². The first kappa shape index (κ1) is 35.1. The number of rotatable bonds is 18. The number of carbonyl (C=O) groups is 6. The minimum Gasteiger partial charge on any atom is -0.508 e. The number of hydrogen-bond donors (Lipinski definition) is 7. The number of carbonyl (C=O) groups excluding carboxylic acids is 6. The molecule has 0 unspecified atom stereocenters. The zero-order chi connectivity index (χ0) is 32.6. The van der Waals surface area contributed by atoms with Crippen LogP contribution in [0.3, 0.4) is 0 Å². The molecular weight excluding hydrogens is 600 g/mol. The molecule has 45 heavy (non-hydrogen) atoms. The van der Waals surface area contributed by atoms with E-state index >= 15 is 0 Å². The number of thioether (sulfide) groups is 1. The first-order chi connectivity index (χ1) is 21.7. The molecule has 1 aliphatic heterocycles. The standard InChI is InChI=1S/C31H40N6O7S/c32-23(16-21-9-11-22(39)12-10-21)28(41)36-24(8-4-5-14-33-19-38)29(42)34-18-27(40)35-26(17-20-6-2-1-3-7-20)30(43)37-25-13-15-45-31(25)44/h1-3,6-7,9-12,19,23-26,39H,4-5,8,13-18,32H2,(H,33,38)(H,34,42)(H,35,40)(H,36,41)(H,37,43)/t23-,24-,25-,26+/m0/s1. The topological polar surface area (TPSA) is 209 Å². The van der Waals surface area contributed by atoms with Gasteiger partial charge in [0.1, 0.15) is 17.8 Å². The Labute approximate surface area is 265 Å². The number of nitrogens with one attached hydrogen (secondary N) is 5. The Balaban J connectivity index is 1.60. The first-order valence-electron chi connectivity index (χ1n) is 14.7. The fraction of sp³-hybridized carbons (Fsp3) is 0.419. The summed E-state index contributed by atoms with van der Waals surface area (Å²) >= 11 is 1.15. The van der Waals surface area contributed by atoms with Crippen molar-refractivity contribution in [2.75, 3.05) is 18.8 Å². The van der Waals surface area contributed by atoms with Gasteiger partial charge in [0.25, 0.3) is 0 Å². The van der Waals surface area contributed by atoms with Gasteiger partial charge in [-0.2, -0.15) is 0 Å². The molecule has 1 aliphatic rings. The normalized spacial score (nSPS) is 16.1. The van der Waals surface area contributed by atoms with Crippen LogP contribution in [0.1, 0.15) is 36.8 Å². The highest BCUT2D eigenvalue weighted by atomic mass is 32.2. The molecule has 0 aromatic heterocycles. The molecule has 2 aromatic carbocycles. The quantitative estimate of drug-likeness (QED) is 0.0838. The van der Waals surface area contributed by atoms with E-state index in [1.807, 2.05) is 30.3 Å². The van der Waals surface area contributed by atoms with E-state index in [-0.39, 0.29) is 30.1 Å². The summed E-state index contributed by atoms with van der Waals surface area (Å²) in [5.74, 6) is -1.63. The van der Waals surface area contributed by atoms with Gasteiger partial charge < -0.3 is 37.4 Å². The van der Waals surface area contributed by atoms with Crippen molar-refractivity contribution in [3.05, 3.63) is 65.7 Å². The predicted octanol–water partition coefficient (Wildman–Crippen LogP) is -0.345. The lowest BCUT2D eigenvalue weighted by Gasteiger charge is -2.22. The van der Waals surface area contributed by atoms with Crippen molar-refractivity contribution in [3.63, 3.8) is 0 Å². The summed E-state index contributed by atoms with van der Waals surface area (Å²) in [5, 5.41) is 22.4. The third-order valence-electron chi connectivity index (χ3n) is 7.12. The smallest absolute Gasteiger partial charge is 0.243 e. The summed E-state index contributed by atoms with van der Waals surface area (Å²) in [6.07, 6.45) is 2.68. The van der Waals surface area contributed by atoms with Gasteiger partial charge in [-0.1, -0.05) is 54.2 Å². The highest BCUT2D eigenvalue weighted by molar-refractivity contribution is 8.14. The number of phenols is 1. The summed E-state index contributed by atoms with van der Waals surface area (Å²) in [6.45, 7) is -0.0706. The Kier molecular flexibility index (Phi) is 14.3. The number of phenolic OH excluding ortho intramolecular Hbond substituents is 1. The second kappa shape index (κ2) is 18.4. The van der Waals surface area contributed by atoms with Crippen molar-refractivity contribution in [1.29, 1.82) is 0 Å². The maximum Gasteiger partial charge on any atom is 0.243 e. The maximum atomic E-state index is 13.1. The molecule has 242 valence electrons. The molecule has 0 bridgehead atoms. The van der Waals surface area contributed by atoms with Crippen LogP contribution in [0.4, 0.5) is 0 Å². The summed E-state index contributed by atoms with van der Waals surface area (Å²) in [4.78, 5) is 74.6. The van der Waals surface area contributed by atoms with Crippen LogP contribution in [0.2, 0.25) is 0 Å². The van der Waals surface area contributed by atoms with Gasteiger partial charge in [-0.05, 0) is 55.4 Å². The van der Waals surface area contributed by atoms with Gasteiger partial charge in [0.15, 0.2) is 0 Å². The van der Waals surface area contributed by atoms with Crippen molar-refractivity contribution in [2.24, 2.45) is 5.73 Å². The second-order valence-corrected chi connectivity index (χ2v) is 11.8. The lowest BCUT2D eigenvalue weighted by atomic mass is 10.0. The molecule has 1 saturated heterocycles. The van der Waals surface area contributed by atoms with Crippen LogP contribution in [-0.4, -0.2) is 83.3 Å². The zero-order valence-corrected chi connectivity index (χ0v) is 25.6. The molecule has 1 fully saturated rings. The number of hydrogen-bond acceptors (Lipinski definition) is 9. The van der Waals surface area contributed by atoms with E-state index in [2.05, 4.69) is 26.6 Å². The van der Waals surface area contributed by atoms with Crippen molar-refractivity contribution < 1.29 is 33.9 Å². The van der Waals surface area contributed by atoms with Crippen LogP contribution in [-0.2, 0) is 41.6 Å². The van der Waals surface area contributed by atoms with E-state index in [0.29, 0.717) is 38.0 Å². The van der Waals surface area contributed by atoms with Gasteiger partial charge in [-0.3, -0.25) is 28.8 Å². The minimum absolute atomic E-state index is 0.0802. The Morgan fingerprint density at radius 3 is 2.29 bits per heavy atom. The minimum atomic E-state index is -1.01. The molecule has 14 heteroatoms. The Hall–Kier alpha value is -4.43. The van der Waals surface area contributed by atoms with Crippen molar-refractivity contribution >= 4 is 46.9 Å². The van der Waals surface area contributed by atoms with Crippen LogP contribution in [0.15, 0.2) is 54.6 Å².